The van der Waals surface area contributed by atoms with E-state index < -0.39 is 0 Å². The van der Waals surface area contributed by atoms with Gasteiger partial charge in [0, 0.05) is 19.2 Å². The van der Waals surface area contributed by atoms with Gasteiger partial charge in [0.1, 0.15) is 0 Å². The van der Waals surface area contributed by atoms with Crippen LogP contribution in [0.25, 0.3) is 0 Å². The lowest BCUT2D eigenvalue weighted by Crippen LogP contribution is -2.36. The van der Waals surface area contributed by atoms with Crippen LogP contribution in [0.1, 0.15) is 32.4 Å². The molecular weight excluding hydrogens is 198 g/mol. The Bertz CT molecular complexity index is 284. The molecule has 0 aliphatic rings. The maximum absolute atomic E-state index is 5.16. The Labute approximate surface area is 99.0 Å². The molecule has 0 aromatic heterocycles. The lowest BCUT2D eigenvalue weighted by molar-refractivity contribution is 0.162. The standard InChI is InChI=1S/C14H23NO/c1-11(2)14(15-12(3)10-16-4)13-8-6-5-7-9-13/h5-9,11-12,14-15H,10H2,1-4H3. The van der Waals surface area contributed by atoms with E-state index in [2.05, 4.69) is 56.4 Å². The zero-order valence-corrected chi connectivity index (χ0v) is 10.7. The Kier molecular flexibility index (Phi) is 5.50. The molecule has 2 atom stereocenters. The molecule has 2 heteroatoms. The van der Waals surface area contributed by atoms with Gasteiger partial charge < -0.3 is 10.1 Å². The summed E-state index contributed by atoms with van der Waals surface area (Å²) in [6, 6.07) is 11.4. The van der Waals surface area contributed by atoms with Gasteiger partial charge in [-0.2, -0.15) is 0 Å². The first-order valence-electron chi connectivity index (χ1n) is 5.95. The molecule has 1 aromatic rings. The highest BCUT2D eigenvalue weighted by Crippen LogP contribution is 2.21. The molecule has 0 amide bonds. The van der Waals surface area contributed by atoms with Gasteiger partial charge in [-0.3, -0.25) is 0 Å². The fraction of sp³-hybridized carbons (Fsp3) is 0.571. The van der Waals surface area contributed by atoms with E-state index >= 15 is 0 Å². The molecule has 0 bridgehead atoms. The molecule has 0 heterocycles. The third-order valence-corrected chi connectivity index (χ3v) is 2.71. The third kappa shape index (κ3) is 3.95. The average Bonchev–Trinajstić information content (AvgIpc) is 2.27. The topological polar surface area (TPSA) is 21.3 Å². The molecule has 0 saturated carbocycles. The number of rotatable bonds is 6. The van der Waals surface area contributed by atoms with Gasteiger partial charge in [-0.15, -0.1) is 0 Å². The summed E-state index contributed by atoms with van der Waals surface area (Å²) < 4.78 is 5.16. The van der Waals surface area contributed by atoms with E-state index in [9.17, 15) is 0 Å². The second-order valence-corrected chi connectivity index (χ2v) is 4.66. The number of nitrogens with one attached hydrogen (secondary N) is 1. The molecule has 1 rings (SSSR count). The first-order chi connectivity index (χ1) is 7.65. The van der Waals surface area contributed by atoms with Crippen molar-refractivity contribution < 1.29 is 4.74 Å². The van der Waals surface area contributed by atoms with E-state index in [1.807, 2.05) is 0 Å². The smallest absolute Gasteiger partial charge is 0.0613 e. The van der Waals surface area contributed by atoms with Crippen molar-refractivity contribution in [3.8, 4) is 0 Å². The maximum atomic E-state index is 5.16. The van der Waals surface area contributed by atoms with Gasteiger partial charge in [0.15, 0.2) is 0 Å². The average molecular weight is 221 g/mol. The second kappa shape index (κ2) is 6.66. The number of hydrogen-bond donors (Lipinski definition) is 1. The van der Waals surface area contributed by atoms with Crippen molar-refractivity contribution in [2.45, 2.75) is 32.9 Å². The van der Waals surface area contributed by atoms with Gasteiger partial charge in [0.2, 0.25) is 0 Å². The minimum absolute atomic E-state index is 0.373. The number of hydrogen-bond acceptors (Lipinski definition) is 2. The molecule has 1 aromatic carbocycles. The quantitative estimate of drug-likeness (QED) is 0.797. The summed E-state index contributed by atoms with van der Waals surface area (Å²) in [5.41, 5.74) is 1.35. The Hall–Kier alpha value is -0.860. The molecule has 16 heavy (non-hydrogen) atoms. The Morgan fingerprint density at radius 2 is 1.75 bits per heavy atom. The van der Waals surface area contributed by atoms with E-state index in [4.69, 9.17) is 4.74 Å². The Morgan fingerprint density at radius 1 is 1.12 bits per heavy atom. The van der Waals surface area contributed by atoms with Crippen molar-refractivity contribution in [3.05, 3.63) is 35.9 Å². The van der Waals surface area contributed by atoms with Gasteiger partial charge in [-0.25, -0.2) is 0 Å². The van der Waals surface area contributed by atoms with Crippen LogP contribution in [-0.4, -0.2) is 19.8 Å². The van der Waals surface area contributed by atoms with Gasteiger partial charge in [-0.05, 0) is 18.4 Å². The summed E-state index contributed by atoms with van der Waals surface area (Å²) in [6.07, 6.45) is 0. The molecule has 0 spiro atoms. The van der Waals surface area contributed by atoms with Crippen LogP contribution in [0.5, 0.6) is 0 Å². The summed E-state index contributed by atoms with van der Waals surface area (Å²) in [5.74, 6) is 0.571. The predicted octanol–water partition coefficient (Wildman–Crippen LogP) is 3.01. The summed E-state index contributed by atoms with van der Waals surface area (Å²) >= 11 is 0. The zero-order chi connectivity index (χ0) is 12.0. The van der Waals surface area contributed by atoms with Crippen LogP contribution in [0.4, 0.5) is 0 Å². The van der Waals surface area contributed by atoms with E-state index in [0.29, 0.717) is 18.0 Å². The summed E-state index contributed by atoms with van der Waals surface area (Å²) in [5, 5.41) is 3.61. The molecule has 2 nitrogen and oxygen atoms in total. The Balaban J connectivity index is 2.69. The lowest BCUT2D eigenvalue weighted by Gasteiger charge is -2.26. The van der Waals surface area contributed by atoms with Gasteiger partial charge >= 0.3 is 0 Å². The summed E-state index contributed by atoms with van der Waals surface area (Å²) in [6.45, 7) is 7.38. The molecule has 1 N–H and O–H groups in total. The van der Waals surface area contributed by atoms with Crippen LogP contribution in [0.2, 0.25) is 0 Å². The minimum Gasteiger partial charge on any atom is -0.383 e. The SMILES string of the molecule is COCC(C)NC(c1ccccc1)C(C)C. The number of ether oxygens (including phenoxy) is 1. The van der Waals surface area contributed by atoms with Crippen LogP contribution in [0, 0.1) is 5.92 Å². The van der Waals surface area contributed by atoms with Gasteiger partial charge in [-0.1, -0.05) is 44.2 Å². The number of benzene rings is 1. The van der Waals surface area contributed by atoms with E-state index in [0.717, 1.165) is 6.61 Å². The van der Waals surface area contributed by atoms with Gasteiger partial charge in [0.05, 0.1) is 6.61 Å². The third-order valence-electron chi connectivity index (χ3n) is 2.71. The molecule has 0 radical (unpaired) electrons. The van der Waals surface area contributed by atoms with Crippen molar-refractivity contribution in [1.29, 1.82) is 0 Å². The van der Waals surface area contributed by atoms with Gasteiger partial charge in [0.25, 0.3) is 0 Å². The van der Waals surface area contributed by atoms with Crippen molar-refractivity contribution in [3.63, 3.8) is 0 Å². The molecule has 2 unspecified atom stereocenters. The predicted molar refractivity (Wildman–Crippen MR) is 68.5 cm³/mol. The first kappa shape index (κ1) is 13.2. The molecule has 0 fully saturated rings. The molecular formula is C14H23NO. The normalized spacial score (nSPS) is 15.1. The Morgan fingerprint density at radius 3 is 2.25 bits per heavy atom. The fourth-order valence-electron chi connectivity index (χ4n) is 1.94. The number of methoxy groups -OCH3 is 1. The largest absolute Gasteiger partial charge is 0.383 e. The van der Waals surface area contributed by atoms with Crippen LogP contribution in [-0.2, 0) is 4.74 Å². The first-order valence-corrected chi connectivity index (χ1v) is 5.95. The summed E-state index contributed by atoms with van der Waals surface area (Å²) in [4.78, 5) is 0. The maximum Gasteiger partial charge on any atom is 0.0613 e. The molecule has 0 aliphatic heterocycles. The van der Waals surface area contributed by atoms with Crippen LogP contribution in [0.3, 0.4) is 0 Å². The minimum atomic E-state index is 0.373. The van der Waals surface area contributed by atoms with Crippen LogP contribution < -0.4 is 5.32 Å². The monoisotopic (exact) mass is 221 g/mol. The van der Waals surface area contributed by atoms with Crippen molar-refractivity contribution in [2.24, 2.45) is 5.92 Å². The van der Waals surface area contributed by atoms with Crippen LogP contribution >= 0.6 is 0 Å². The summed E-state index contributed by atoms with van der Waals surface area (Å²) in [7, 11) is 1.74. The van der Waals surface area contributed by atoms with E-state index in [1.54, 1.807) is 7.11 Å². The zero-order valence-electron chi connectivity index (χ0n) is 10.7. The highest BCUT2D eigenvalue weighted by atomic mass is 16.5. The second-order valence-electron chi connectivity index (χ2n) is 4.66. The van der Waals surface area contributed by atoms with Crippen molar-refractivity contribution >= 4 is 0 Å². The van der Waals surface area contributed by atoms with Crippen molar-refractivity contribution in [2.75, 3.05) is 13.7 Å². The fourth-order valence-corrected chi connectivity index (χ4v) is 1.94. The molecule has 90 valence electrons. The van der Waals surface area contributed by atoms with Crippen molar-refractivity contribution in [1.82, 2.24) is 5.32 Å². The van der Waals surface area contributed by atoms with E-state index in [-0.39, 0.29) is 0 Å². The highest BCUT2D eigenvalue weighted by Gasteiger charge is 2.17. The molecule has 0 saturated heterocycles. The lowest BCUT2D eigenvalue weighted by atomic mass is 9.95. The van der Waals surface area contributed by atoms with Crippen LogP contribution in [0.15, 0.2) is 30.3 Å². The van der Waals surface area contributed by atoms with E-state index in [1.165, 1.54) is 5.56 Å². The molecule has 0 aliphatic carbocycles. The highest BCUT2D eigenvalue weighted by molar-refractivity contribution is 5.19.